The quantitative estimate of drug-likeness (QED) is 0.149. The Hall–Kier alpha value is -2.81. The van der Waals surface area contributed by atoms with E-state index in [1.807, 2.05) is 26.8 Å². The SMILES string of the molecule is C[C@@H]1C(CCc2ccccc2)[C@H](COC(=O)C(C)(C)C)O[C@@H]1CC(CN1C(=O)c2ccccc2C1=O)O[Si](C)(C)C(C)(C)C. The Morgan fingerprint density at radius 1 is 0.909 bits per heavy atom. The van der Waals surface area contributed by atoms with Crippen molar-refractivity contribution < 1.29 is 28.3 Å². The molecular formula is C36H51NO6Si. The summed E-state index contributed by atoms with van der Waals surface area (Å²) < 4.78 is 19.4. The van der Waals surface area contributed by atoms with Gasteiger partial charge in [-0.05, 0) is 81.3 Å². The number of carbonyl (C=O) groups excluding carboxylic acids is 3. The Bertz CT molecular complexity index is 1290. The maximum Gasteiger partial charge on any atom is 0.311 e. The molecule has 1 saturated heterocycles. The second-order valence-corrected chi connectivity index (χ2v) is 19.9. The molecule has 44 heavy (non-hydrogen) atoms. The summed E-state index contributed by atoms with van der Waals surface area (Å²) in [6, 6.07) is 17.4. The van der Waals surface area contributed by atoms with Crippen molar-refractivity contribution in [2.24, 2.45) is 17.3 Å². The fourth-order valence-corrected chi connectivity index (χ4v) is 7.28. The molecular weight excluding hydrogens is 570 g/mol. The Balaban J connectivity index is 1.56. The summed E-state index contributed by atoms with van der Waals surface area (Å²) in [4.78, 5) is 40.7. The van der Waals surface area contributed by atoms with E-state index < -0.39 is 19.8 Å². The number of aryl methyl sites for hydroxylation is 1. The molecule has 0 radical (unpaired) electrons. The van der Waals surface area contributed by atoms with Gasteiger partial charge in [0.1, 0.15) is 6.61 Å². The fraction of sp³-hybridized carbons (Fsp3) is 0.583. The molecule has 2 amide bonds. The van der Waals surface area contributed by atoms with Gasteiger partial charge in [-0.3, -0.25) is 19.3 Å². The number of nitrogens with zero attached hydrogens (tertiary/aromatic N) is 1. The molecule has 0 N–H and O–H groups in total. The van der Waals surface area contributed by atoms with Gasteiger partial charge in [0.2, 0.25) is 0 Å². The molecule has 4 rings (SSSR count). The van der Waals surface area contributed by atoms with E-state index >= 15 is 0 Å². The van der Waals surface area contributed by atoms with Crippen molar-refractivity contribution in [3.8, 4) is 0 Å². The molecule has 5 atom stereocenters. The van der Waals surface area contributed by atoms with Gasteiger partial charge in [-0.2, -0.15) is 0 Å². The van der Waals surface area contributed by atoms with Crippen molar-refractivity contribution >= 4 is 26.1 Å². The minimum absolute atomic E-state index is 0.0582. The monoisotopic (exact) mass is 621 g/mol. The van der Waals surface area contributed by atoms with E-state index in [9.17, 15) is 14.4 Å². The summed E-state index contributed by atoms with van der Waals surface area (Å²) in [7, 11) is -2.28. The van der Waals surface area contributed by atoms with Gasteiger partial charge in [0.15, 0.2) is 8.32 Å². The molecule has 2 aromatic carbocycles. The third-order valence-corrected chi connectivity index (χ3v) is 14.3. The molecule has 7 nitrogen and oxygen atoms in total. The summed E-state index contributed by atoms with van der Waals surface area (Å²) in [5.41, 5.74) is 1.54. The normalized spacial score (nSPS) is 23.2. The summed E-state index contributed by atoms with van der Waals surface area (Å²) in [6.07, 6.45) is 1.50. The first-order chi connectivity index (χ1) is 20.5. The molecule has 2 aliphatic rings. The predicted octanol–water partition coefficient (Wildman–Crippen LogP) is 7.30. The predicted molar refractivity (Wildman–Crippen MR) is 175 cm³/mol. The smallest absolute Gasteiger partial charge is 0.311 e. The molecule has 8 heteroatoms. The van der Waals surface area contributed by atoms with Gasteiger partial charge in [0.05, 0.1) is 41.4 Å². The minimum Gasteiger partial charge on any atom is -0.463 e. The molecule has 2 unspecified atom stereocenters. The summed E-state index contributed by atoms with van der Waals surface area (Å²) in [6.45, 7) is 19.1. The molecule has 0 bridgehead atoms. The molecule has 1 fully saturated rings. The molecule has 0 aliphatic carbocycles. The maximum absolute atomic E-state index is 13.3. The van der Waals surface area contributed by atoms with Crippen LogP contribution >= 0.6 is 0 Å². The molecule has 0 saturated carbocycles. The fourth-order valence-electron chi connectivity index (χ4n) is 5.92. The van der Waals surface area contributed by atoms with Crippen LogP contribution in [0.4, 0.5) is 0 Å². The second kappa shape index (κ2) is 13.3. The highest BCUT2D eigenvalue weighted by molar-refractivity contribution is 6.74. The number of hydrogen-bond donors (Lipinski definition) is 0. The van der Waals surface area contributed by atoms with E-state index in [1.54, 1.807) is 24.3 Å². The standard InChI is InChI=1S/C36H51NO6Si/c1-24-27(20-19-25-15-11-10-12-16-25)31(23-41-34(40)35(2,3)4)42-30(24)21-26(43-44(8,9)36(5,6)7)22-37-32(38)28-17-13-14-18-29(28)33(37)39/h10-18,24,26-27,30-31H,19-23H2,1-9H3/t24-,26?,27?,30-,31+/m1/s1. The van der Waals surface area contributed by atoms with Crippen molar-refractivity contribution in [1.82, 2.24) is 4.90 Å². The second-order valence-electron chi connectivity index (χ2n) is 15.1. The Morgan fingerprint density at radius 2 is 1.48 bits per heavy atom. The van der Waals surface area contributed by atoms with Crippen LogP contribution < -0.4 is 0 Å². The third-order valence-electron chi connectivity index (χ3n) is 9.72. The summed E-state index contributed by atoms with van der Waals surface area (Å²) in [5.74, 6) is -0.473. The van der Waals surface area contributed by atoms with Crippen molar-refractivity contribution in [3.63, 3.8) is 0 Å². The highest BCUT2D eigenvalue weighted by atomic mass is 28.4. The first-order valence-electron chi connectivity index (χ1n) is 16.0. The van der Waals surface area contributed by atoms with Gasteiger partial charge >= 0.3 is 5.97 Å². The zero-order valence-corrected chi connectivity index (χ0v) is 29.0. The van der Waals surface area contributed by atoms with E-state index in [0.29, 0.717) is 17.5 Å². The van der Waals surface area contributed by atoms with Crippen LogP contribution in [0.25, 0.3) is 0 Å². The lowest BCUT2D eigenvalue weighted by Crippen LogP contribution is -2.49. The first-order valence-corrected chi connectivity index (χ1v) is 18.9. The van der Waals surface area contributed by atoms with Gasteiger partial charge in [0, 0.05) is 6.42 Å². The molecule has 2 heterocycles. The third kappa shape index (κ3) is 7.69. The maximum atomic E-state index is 13.3. The van der Waals surface area contributed by atoms with Crippen LogP contribution in [0.5, 0.6) is 0 Å². The Kier molecular flexibility index (Phi) is 10.3. The van der Waals surface area contributed by atoms with Crippen molar-refractivity contribution in [1.29, 1.82) is 0 Å². The number of esters is 1. The van der Waals surface area contributed by atoms with E-state index in [0.717, 1.165) is 12.8 Å². The molecule has 2 aromatic rings. The van der Waals surface area contributed by atoms with Crippen LogP contribution in [0.3, 0.4) is 0 Å². The van der Waals surface area contributed by atoms with E-state index in [-0.39, 0.29) is 60.0 Å². The minimum atomic E-state index is -2.28. The number of rotatable bonds is 11. The largest absolute Gasteiger partial charge is 0.463 e. The molecule has 0 spiro atoms. The zero-order valence-electron chi connectivity index (χ0n) is 28.0. The lowest BCUT2D eigenvalue weighted by molar-refractivity contribution is -0.157. The highest BCUT2D eigenvalue weighted by Crippen LogP contribution is 2.42. The zero-order chi connectivity index (χ0) is 32.4. The highest BCUT2D eigenvalue weighted by Gasteiger charge is 2.47. The van der Waals surface area contributed by atoms with E-state index in [4.69, 9.17) is 13.9 Å². The van der Waals surface area contributed by atoms with Crippen LogP contribution in [0.2, 0.25) is 18.1 Å². The molecule has 0 aromatic heterocycles. The Morgan fingerprint density at radius 3 is 2.02 bits per heavy atom. The van der Waals surface area contributed by atoms with Gasteiger partial charge in [-0.15, -0.1) is 0 Å². The number of imide groups is 1. The van der Waals surface area contributed by atoms with Gasteiger partial charge in [-0.1, -0.05) is 70.2 Å². The lowest BCUT2D eigenvalue weighted by Gasteiger charge is -2.40. The number of fused-ring (bicyclic) bond motifs is 1. The van der Waals surface area contributed by atoms with Gasteiger partial charge in [0.25, 0.3) is 11.8 Å². The molecule has 2 aliphatic heterocycles. The number of amides is 2. The van der Waals surface area contributed by atoms with E-state index in [2.05, 4.69) is 65.1 Å². The number of benzene rings is 2. The topological polar surface area (TPSA) is 82.1 Å². The van der Waals surface area contributed by atoms with Crippen molar-refractivity contribution in [2.45, 2.75) is 104 Å². The lowest BCUT2D eigenvalue weighted by atomic mass is 9.83. The number of carbonyl (C=O) groups is 3. The average molecular weight is 622 g/mol. The van der Waals surface area contributed by atoms with Crippen molar-refractivity contribution in [3.05, 3.63) is 71.3 Å². The summed E-state index contributed by atoms with van der Waals surface area (Å²) >= 11 is 0. The Labute approximate surface area is 264 Å². The van der Waals surface area contributed by atoms with Crippen LogP contribution in [0.1, 0.15) is 87.6 Å². The van der Waals surface area contributed by atoms with Crippen LogP contribution in [-0.2, 0) is 25.1 Å². The van der Waals surface area contributed by atoms with Gasteiger partial charge < -0.3 is 13.9 Å². The van der Waals surface area contributed by atoms with Crippen LogP contribution in [0, 0.1) is 17.3 Å². The summed E-state index contributed by atoms with van der Waals surface area (Å²) in [5, 5.41) is -0.0582. The molecule has 240 valence electrons. The van der Waals surface area contributed by atoms with Gasteiger partial charge in [-0.25, -0.2) is 0 Å². The van der Waals surface area contributed by atoms with Crippen molar-refractivity contribution in [2.75, 3.05) is 13.2 Å². The number of hydrogen-bond acceptors (Lipinski definition) is 6. The first kappa shape index (κ1) is 34.1. The van der Waals surface area contributed by atoms with Crippen LogP contribution in [0.15, 0.2) is 54.6 Å². The van der Waals surface area contributed by atoms with Crippen LogP contribution in [-0.4, -0.2) is 62.5 Å². The van der Waals surface area contributed by atoms with E-state index in [1.165, 1.54) is 10.5 Å². The average Bonchev–Trinajstić information content (AvgIpc) is 3.37. The number of ether oxygens (including phenoxy) is 2.